The van der Waals surface area contributed by atoms with E-state index in [1.165, 1.54) is 21.2 Å². The van der Waals surface area contributed by atoms with Gasteiger partial charge in [-0.05, 0) is 71.6 Å². The fourth-order valence-electron chi connectivity index (χ4n) is 4.74. The van der Waals surface area contributed by atoms with Gasteiger partial charge in [-0.15, -0.1) is 0 Å². The number of halogens is 12. The lowest BCUT2D eigenvalue weighted by molar-refractivity contribution is 1.37. The molecule has 14 heteroatoms. The van der Waals surface area contributed by atoms with Crippen LogP contribution in [0.15, 0.2) is 97.1 Å². The van der Waals surface area contributed by atoms with Crippen molar-refractivity contribution in [2.45, 2.75) is 8.57 Å². The Morgan fingerprint density at radius 3 is 0.682 bits per heavy atom. The Kier molecular flexibility index (Phi) is 15.5. The summed E-state index contributed by atoms with van der Waals surface area (Å²) in [5.74, 6) is 0. The molecule has 4 aromatic rings. The van der Waals surface area contributed by atoms with Gasteiger partial charge in [0.2, 0.25) is 0 Å². The molecule has 4 aromatic carbocycles. The predicted octanol–water partition coefficient (Wildman–Crippen LogP) is 14.4. The van der Waals surface area contributed by atoms with E-state index >= 15 is 0 Å². The average molecular weight is 1400 g/mol. The van der Waals surface area contributed by atoms with Gasteiger partial charge in [-0.25, -0.2) is 0 Å². The van der Waals surface area contributed by atoms with E-state index in [1.807, 2.05) is 0 Å². The highest BCUT2D eigenvalue weighted by atomic mass is 80.0. The van der Waals surface area contributed by atoms with Gasteiger partial charge < -0.3 is 0 Å². The average Bonchev–Trinajstić information content (AvgIpc) is 2.94. The third kappa shape index (κ3) is 10.5. The topological polar surface area (TPSA) is 0 Å². The molecule has 0 amide bonds. The quantitative estimate of drug-likeness (QED) is 0.128. The molecule has 0 unspecified atom stereocenters. The van der Waals surface area contributed by atoms with Crippen molar-refractivity contribution in [2.75, 3.05) is 12.3 Å². The van der Waals surface area contributed by atoms with E-state index in [4.69, 9.17) is 0 Å². The SMILES string of the molecule is BrC(Br)(Br)c1ccccc1P(CCP(c1ccccc1C(Br)(Br)Br)c1ccccc1C(Br)(Br)Br)c1ccccc1C(Br)(Br)Br. The van der Waals surface area contributed by atoms with Gasteiger partial charge in [0.05, 0.1) is 0 Å². The standard InChI is InChI=1S/C30H20Br12P2/c31-27(32,33)19-9-1-5-13-23(19)43(24-14-6-2-10-20(24)28(34,35)36)17-18-44(25-15-7-3-11-21(25)29(37,38)39)26-16-8-4-12-22(26)30(40,41)42/h1-16H,17-18H2. The molecule has 4 rings (SSSR count). The zero-order valence-electron chi connectivity index (χ0n) is 22.1. The van der Waals surface area contributed by atoms with E-state index in [0.717, 1.165) is 34.6 Å². The van der Waals surface area contributed by atoms with Crippen molar-refractivity contribution in [1.29, 1.82) is 0 Å². The molecule has 0 aliphatic rings. The van der Waals surface area contributed by atoms with E-state index < -0.39 is 24.4 Å². The third-order valence-corrected chi connectivity index (χ3v) is 17.3. The first kappa shape index (κ1) is 40.3. The number of hydrogen-bond donors (Lipinski definition) is 0. The van der Waals surface area contributed by atoms with Crippen LogP contribution in [0.3, 0.4) is 0 Å². The molecule has 0 saturated carbocycles. The summed E-state index contributed by atoms with van der Waals surface area (Å²) in [4.78, 5) is 0. The molecule has 0 bridgehead atoms. The number of benzene rings is 4. The van der Waals surface area contributed by atoms with Gasteiger partial charge in [-0.3, -0.25) is 0 Å². The first-order chi connectivity index (χ1) is 20.4. The molecule has 0 radical (unpaired) electrons. The Morgan fingerprint density at radius 1 is 0.318 bits per heavy atom. The maximum absolute atomic E-state index is 3.84. The maximum Gasteiger partial charge on any atom is 0.160 e. The van der Waals surface area contributed by atoms with Gasteiger partial charge in [-0.1, -0.05) is 288 Å². The molecule has 234 valence electrons. The van der Waals surface area contributed by atoms with Gasteiger partial charge in [-0.2, -0.15) is 0 Å². The molecule has 0 aliphatic carbocycles. The van der Waals surface area contributed by atoms with Crippen molar-refractivity contribution in [3.63, 3.8) is 0 Å². The number of rotatable bonds is 7. The van der Waals surface area contributed by atoms with Crippen LogP contribution >= 0.6 is 207 Å². The maximum atomic E-state index is 3.84. The Balaban J connectivity index is 1.96. The van der Waals surface area contributed by atoms with Crippen molar-refractivity contribution in [3.8, 4) is 0 Å². The van der Waals surface area contributed by atoms with E-state index in [2.05, 4.69) is 288 Å². The monoisotopic (exact) mass is 1390 g/mol. The minimum Gasteiger partial charge on any atom is -0.0618 e. The summed E-state index contributed by atoms with van der Waals surface area (Å²) in [6.45, 7) is 0. The number of alkyl halides is 12. The van der Waals surface area contributed by atoms with Gasteiger partial charge in [0, 0.05) is 0 Å². The molecule has 44 heavy (non-hydrogen) atoms. The molecule has 0 aromatic heterocycles. The third-order valence-electron chi connectivity index (χ3n) is 6.55. The lowest BCUT2D eigenvalue weighted by Crippen LogP contribution is -2.29. The van der Waals surface area contributed by atoms with E-state index in [0.29, 0.717) is 0 Å². The fourth-order valence-corrected chi connectivity index (χ4v) is 17.0. The van der Waals surface area contributed by atoms with Gasteiger partial charge >= 0.3 is 0 Å². The van der Waals surface area contributed by atoms with Crippen LogP contribution in [0.5, 0.6) is 0 Å². The summed E-state index contributed by atoms with van der Waals surface area (Å²) in [6, 6.07) is 34.6. The minimum atomic E-state index is -0.844. The molecule has 0 fully saturated rings. The van der Waals surface area contributed by atoms with Crippen molar-refractivity contribution in [3.05, 3.63) is 119 Å². The van der Waals surface area contributed by atoms with Crippen molar-refractivity contribution < 1.29 is 0 Å². The summed E-state index contributed by atoms with van der Waals surface area (Å²) in [6.07, 6.45) is 1.90. The Bertz CT molecular complexity index is 1350. The highest BCUT2D eigenvalue weighted by Gasteiger charge is 2.35. The van der Waals surface area contributed by atoms with Crippen LogP contribution < -0.4 is 21.2 Å². The second-order valence-electron chi connectivity index (χ2n) is 9.36. The lowest BCUT2D eigenvalue weighted by Gasteiger charge is -2.32. The normalized spacial score (nSPS) is 13.1. The number of hydrogen-bond acceptors (Lipinski definition) is 0. The first-order valence-electron chi connectivity index (χ1n) is 12.6. The second-order valence-corrected chi connectivity index (χ2v) is 40.9. The van der Waals surface area contributed by atoms with Crippen LogP contribution in [0.4, 0.5) is 0 Å². The molecular weight excluding hydrogens is 1380 g/mol. The molecule has 0 nitrogen and oxygen atoms in total. The summed E-state index contributed by atoms with van der Waals surface area (Å²) >= 11 is 46.1. The zero-order valence-corrected chi connectivity index (χ0v) is 42.9. The molecule has 0 N–H and O–H groups in total. The Hall–Kier alpha value is 3.50. The molecular formula is C30H20Br12P2. The highest BCUT2D eigenvalue weighted by Crippen LogP contribution is 2.54. The van der Waals surface area contributed by atoms with Gasteiger partial charge in [0.1, 0.15) is 0 Å². The first-order valence-corrected chi connectivity index (χ1v) is 25.2. The van der Waals surface area contributed by atoms with E-state index in [1.54, 1.807) is 0 Å². The summed E-state index contributed by atoms with van der Waals surface area (Å²) < 4.78 is -2.22. The van der Waals surface area contributed by atoms with Crippen LogP contribution in [-0.4, -0.2) is 12.3 Å². The largest absolute Gasteiger partial charge is 0.160 e. The minimum absolute atomic E-state index is 0.555. The Morgan fingerprint density at radius 2 is 0.500 bits per heavy atom. The van der Waals surface area contributed by atoms with Crippen LogP contribution in [0, 0.1) is 0 Å². The molecule has 0 heterocycles. The van der Waals surface area contributed by atoms with E-state index in [-0.39, 0.29) is 0 Å². The molecule has 0 spiro atoms. The summed E-state index contributed by atoms with van der Waals surface area (Å²) in [7, 11) is -1.69. The fraction of sp³-hybridized carbons (Fsp3) is 0.200. The van der Waals surface area contributed by atoms with Crippen LogP contribution in [0.1, 0.15) is 22.3 Å². The van der Waals surface area contributed by atoms with E-state index in [9.17, 15) is 0 Å². The summed E-state index contributed by atoms with van der Waals surface area (Å²) in [5, 5.41) is 5.17. The van der Waals surface area contributed by atoms with Crippen LogP contribution in [0.2, 0.25) is 0 Å². The summed E-state index contributed by atoms with van der Waals surface area (Å²) in [5.41, 5.74) is 4.60. The highest BCUT2D eigenvalue weighted by molar-refractivity contribution is 9.39. The smallest absolute Gasteiger partial charge is 0.0618 e. The van der Waals surface area contributed by atoms with Gasteiger partial charge in [0.15, 0.2) is 8.57 Å². The molecule has 0 aliphatic heterocycles. The zero-order chi connectivity index (χ0) is 32.5. The van der Waals surface area contributed by atoms with Crippen LogP contribution in [-0.2, 0) is 8.57 Å². The van der Waals surface area contributed by atoms with Crippen LogP contribution in [0.25, 0.3) is 0 Å². The lowest BCUT2D eigenvalue weighted by atomic mass is 10.2. The predicted molar refractivity (Wildman–Crippen MR) is 242 cm³/mol. The van der Waals surface area contributed by atoms with Gasteiger partial charge in [0.25, 0.3) is 0 Å². The molecule has 0 saturated heterocycles. The molecule has 0 atom stereocenters. The Labute approximate surface area is 362 Å². The van der Waals surface area contributed by atoms with Crippen molar-refractivity contribution >= 4 is 228 Å². The van der Waals surface area contributed by atoms with Crippen molar-refractivity contribution in [2.24, 2.45) is 0 Å². The second kappa shape index (κ2) is 16.9. The van der Waals surface area contributed by atoms with Crippen molar-refractivity contribution in [1.82, 2.24) is 0 Å².